The summed E-state index contributed by atoms with van der Waals surface area (Å²) in [6, 6.07) is 0. The minimum absolute atomic E-state index is 0.102. The molecular formula is C12H14ClFO2. The van der Waals surface area contributed by atoms with Crippen LogP contribution in [0.1, 0.15) is 19.8 Å². The Morgan fingerprint density at radius 2 is 2.44 bits per heavy atom. The number of esters is 1. The summed E-state index contributed by atoms with van der Waals surface area (Å²) in [5.41, 5.74) is 0.396. The third kappa shape index (κ3) is 2.99. The lowest BCUT2D eigenvalue weighted by atomic mass is 9.84. The number of hydrogen-bond acceptors (Lipinski definition) is 2. The van der Waals surface area contributed by atoms with Crippen molar-refractivity contribution in [2.45, 2.75) is 37.4 Å². The van der Waals surface area contributed by atoms with E-state index in [9.17, 15) is 9.18 Å². The summed E-state index contributed by atoms with van der Waals surface area (Å²) >= 11 is 5.93. The Balaban J connectivity index is 2.63. The van der Waals surface area contributed by atoms with Gasteiger partial charge in [-0.1, -0.05) is 12.5 Å². The molecule has 2 nitrogen and oxygen atoms in total. The van der Waals surface area contributed by atoms with Crippen LogP contribution in [0.3, 0.4) is 0 Å². The number of ether oxygens (including phenoxy) is 1. The summed E-state index contributed by atoms with van der Waals surface area (Å²) in [5, 5.41) is -0.557. The van der Waals surface area contributed by atoms with Gasteiger partial charge in [0, 0.05) is 0 Å². The Hall–Kier alpha value is -1.01. The summed E-state index contributed by atoms with van der Waals surface area (Å²) in [6.07, 6.45) is 3.71. The van der Waals surface area contributed by atoms with Crippen molar-refractivity contribution < 1.29 is 13.9 Å². The number of rotatable bonds is 2. The van der Waals surface area contributed by atoms with Gasteiger partial charge in [-0.3, -0.25) is 4.79 Å². The van der Waals surface area contributed by atoms with Gasteiger partial charge in [-0.15, -0.1) is 18.0 Å². The second-order valence-corrected chi connectivity index (χ2v) is 4.49. The van der Waals surface area contributed by atoms with Crippen LogP contribution in [0.5, 0.6) is 0 Å². The van der Waals surface area contributed by atoms with Gasteiger partial charge in [0.05, 0.1) is 11.3 Å². The molecule has 0 radical (unpaired) electrons. The Bertz CT molecular complexity index is 334. The summed E-state index contributed by atoms with van der Waals surface area (Å²) in [5.74, 6) is 1.27. The van der Waals surface area contributed by atoms with Crippen molar-refractivity contribution in [1.29, 1.82) is 0 Å². The first-order valence-electron chi connectivity index (χ1n) is 5.08. The average Bonchev–Trinajstić information content (AvgIpc) is 2.23. The van der Waals surface area contributed by atoms with Crippen LogP contribution in [0.2, 0.25) is 0 Å². The van der Waals surface area contributed by atoms with Crippen LogP contribution in [-0.2, 0) is 9.53 Å². The smallest absolute Gasteiger partial charge is 0.311 e. The topological polar surface area (TPSA) is 26.3 Å². The molecule has 0 aromatic carbocycles. The molecule has 0 bridgehead atoms. The largest absolute Gasteiger partial charge is 0.449 e. The molecule has 1 aliphatic rings. The van der Waals surface area contributed by atoms with Crippen molar-refractivity contribution in [2.75, 3.05) is 0 Å². The molecule has 1 fully saturated rings. The van der Waals surface area contributed by atoms with E-state index in [0.29, 0.717) is 5.57 Å². The number of terminal acetylenes is 1. The van der Waals surface area contributed by atoms with Crippen molar-refractivity contribution in [3.8, 4) is 12.3 Å². The Morgan fingerprint density at radius 3 is 3.00 bits per heavy atom. The molecule has 4 atom stereocenters. The fourth-order valence-corrected chi connectivity index (χ4v) is 1.94. The van der Waals surface area contributed by atoms with E-state index in [-0.39, 0.29) is 12.8 Å². The van der Waals surface area contributed by atoms with Gasteiger partial charge in [0.2, 0.25) is 0 Å². The van der Waals surface area contributed by atoms with E-state index < -0.39 is 29.5 Å². The summed E-state index contributed by atoms with van der Waals surface area (Å²) in [7, 11) is 0. The lowest BCUT2D eigenvalue weighted by Gasteiger charge is -2.29. The van der Waals surface area contributed by atoms with E-state index in [0.717, 1.165) is 0 Å². The first-order chi connectivity index (χ1) is 7.45. The molecule has 0 spiro atoms. The first kappa shape index (κ1) is 13.1. The molecular weight excluding hydrogens is 231 g/mol. The SMILES string of the molecule is C#CC(C)OC(=O)C1CC(=C)C(F)CC1Cl. The molecule has 0 N–H and O–H groups in total. The zero-order valence-corrected chi connectivity index (χ0v) is 9.84. The Kier molecular flexibility index (Phi) is 4.37. The van der Waals surface area contributed by atoms with Gasteiger partial charge in [-0.05, 0) is 25.3 Å². The van der Waals surface area contributed by atoms with Gasteiger partial charge < -0.3 is 4.74 Å². The molecule has 0 amide bonds. The molecule has 4 heteroatoms. The van der Waals surface area contributed by atoms with Crippen molar-refractivity contribution in [3.63, 3.8) is 0 Å². The van der Waals surface area contributed by atoms with Crippen LogP contribution in [-0.4, -0.2) is 23.6 Å². The zero-order valence-electron chi connectivity index (χ0n) is 9.08. The van der Waals surface area contributed by atoms with Gasteiger partial charge in [0.15, 0.2) is 6.10 Å². The fourth-order valence-electron chi connectivity index (χ4n) is 1.59. The molecule has 0 aromatic heterocycles. The third-order valence-corrected chi connectivity index (χ3v) is 3.11. The Labute approximate surface area is 99.8 Å². The van der Waals surface area contributed by atoms with Gasteiger partial charge >= 0.3 is 5.97 Å². The second-order valence-electron chi connectivity index (χ2n) is 3.93. The normalized spacial score (nSPS) is 31.6. The minimum atomic E-state index is -1.13. The highest BCUT2D eigenvalue weighted by molar-refractivity contribution is 6.22. The maximum Gasteiger partial charge on any atom is 0.311 e. The monoisotopic (exact) mass is 244 g/mol. The van der Waals surface area contributed by atoms with E-state index in [1.54, 1.807) is 6.92 Å². The third-order valence-electron chi connectivity index (χ3n) is 2.62. The lowest BCUT2D eigenvalue weighted by Crippen LogP contribution is -2.35. The number of carbonyl (C=O) groups is 1. The van der Waals surface area contributed by atoms with E-state index in [1.807, 2.05) is 0 Å². The maximum atomic E-state index is 13.2. The van der Waals surface area contributed by atoms with Crippen LogP contribution in [0.4, 0.5) is 4.39 Å². The maximum absolute atomic E-state index is 13.2. The number of hydrogen-bond donors (Lipinski definition) is 0. The quantitative estimate of drug-likeness (QED) is 0.323. The lowest BCUT2D eigenvalue weighted by molar-refractivity contribution is -0.151. The van der Waals surface area contributed by atoms with Gasteiger partial charge in [-0.25, -0.2) is 4.39 Å². The standard InChI is InChI=1S/C12H14ClFO2/c1-4-8(3)16-12(15)9-5-7(2)11(14)6-10(9)13/h1,8-11H,2,5-6H2,3H3. The van der Waals surface area contributed by atoms with E-state index in [4.69, 9.17) is 22.8 Å². The highest BCUT2D eigenvalue weighted by Crippen LogP contribution is 2.34. The van der Waals surface area contributed by atoms with Crippen molar-refractivity contribution in [1.82, 2.24) is 0 Å². The van der Waals surface area contributed by atoms with Gasteiger partial charge in [-0.2, -0.15) is 0 Å². The molecule has 88 valence electrons. The fraction of sp³-hybridized carbons (Fsp3) is 0.583. The first-order valence-corrected chi connectivity index (χ1v) is 5.51. The van der Waals surface area contributed by atoms with Crippen molar-refractivity contribution in [3.05, 3.63) is 12.2 Å². The van der Waals surface area contributed by atoms with Crippen LogP contribution in [0.15, 0.2) is 12.2 Å². The highest BCUT2D eigenvalue weighted by atomic mass is 35.5. The van der Waals surface area contributed by atoms with E-state index in [1.165, 1.54) is 0 Å². The van der Waals surface area contributed by atoms with Crippen LogP contribution >= 0.6 is 11.6 Å². The molecule has 1 saturated carbocycles. The van der Waals surface area contributed by atoms with Gasteiger partial charge in [0.25, 0.3) is 0 Å². The van der Waals surface area contributed by atoms with E-state index >= 15 is 0 Å². The second kappa shape index (κ2) is 5.36. The molecule has 1 rings (SSSR count). The molecule has 16 heavy (non-hydrogen) atoms. The number of halogens is 2. The molecule has 1 aliphatic carbocycles. The zero-order chi connectivity index (χ0) is 12.3. The predicted octanol–water partition coefficient (Wildman–Crippen LogP) is 2.46. The van der Waals surface area contributed by atoms with Crippen LogP contribution < -0.4 is 0 Å². The van der Waals surface area contributed by atoms with Gasteiger partial charge in [0.1, 0.15) is 6.17 Å². The molecule has 0 aromatic rings. The van der Waals surface area contributed by atoms with Crippen LogP contribution in [0.25, 0.3) is 0 Å². The molecule has 0 saturated heterocycles. The Morgan fingerprint density at radius 1 is 1.81 bits per heavy atom. The van der Waals surface area contributed by atoms with E-state index in [2.05, 4.69) is 12.5 Å². The molecule has 0 aliphatic heterocycles. The minimum Gasteiger partial charge on any atom is -0.449 e. The van der Waals surface area contributed by atoms with Crippen molar-refractivity contribution in [2.24, 2.45) is 5.92 Å². The summed E-state index contributed by atoms with van der Waals surface area (Å²) in [6.45, 7) is 5.17. The number of allylic oxidation sites excluding steroid dienone is 1. The molecule has 4 unspecified atom stereocenters. The average molecular weight is 245 g/mol. The number of carbonyl (C=O) groups excluding carboxylic acids is 1. The summed E-state index contributed by atoms with van der Waals surface area (Å²) in [4.78, 5) is 11.7. The van der Waals surface area contributed by atoms with Crippen molar-refractivity contribution >= 4 is 17.6 Å². The molecule has 0 heterocycles. The number of alkyl halides is 2. The highest BCUT2D eigenvalue weighted by Gasteiger charge is 2.37. The van der Waals surface area contributed by atoms with Crippen LogP contribution in [0, 0.1) is 18.3 Å². The predicted molar refractivity (Wildman–Crippen MR) is 60.8 cm³/mol. The summed E-state index contributed by atoms with van der Waals surface area (Å²) < 4.78 is 18.2.